The van der Waals surface area contributed by atoms with Gasteiger partial charge in [0.05, 0.1) is 11.4 Å². The van der Waals surface area contributed by atoms with Crippen molar-refractivity contribution in [2.24, 2.45) is 5.92 Å². The van der Waals surface area contributed by atoms with E-state index in [2.05, 4.69) is 26.0 Å². The van der Waals surface area contributed by atoms with E-state index in [0.717, 1.165) is 12.8 Å². The smallest absolute Gasteiger partial charge is 0.339 e. The Balaban J connectivity index is 2.02. The highest BCUT2D eigenvalue weighted by atomic mass is 79.9. The van der Waals surface area contributed by atoms with Crippen molar-refractivity contribution in [1.29, 1.82) is 0 Å². The fourth-order valence-corrected chi connectivity index (χ4v) is 4.71. The van der Waals surface area contributed by atoms with Crippen molar-refractivity contribution >= 4 is 43.3 Å². The van der Waals surface area contributed by atoms with Crippen LogP contribution in [0.3, 0.4) is 0 Å². The van der Waals surface area contributed by atoms with Crippen LogP contribution in [0.2, 0.25) is 0 Å². The van der Waals surface area contributed by atoms with Gasteiger partial charge >= 0.3 is 5.97 Å². The lowest BCUT2D eigenvalue weighted by molar-refractivity contribution is 0.0693. The molecule has 0 unspecified atom stereocenters. The number of nitrogens with one attached hydrogen (secondary N) is 2. The van der Waals surface area contributed by atoms with Crippen molar-refractivity contribution in [2.45, 2.75) is 37.5 Å². The summed E-state index contributed by atoms with van der Waals surface area (Å²) in [6, 6.07) is 7.77. The number of benzene rings is 2. The van der Waals surface area contributed by atoms with Gasteiger partial charge in [0.2, 0.25) is 0 Å². The summed E-state index contributed by atoms with van der Waals surface area (Å²) >= 11 is 3.29. The molecule has 0 amide bonds. The monoisotopic (exact) mass is 482 g/mol. The van der Waals surface area contributed by atoms with Gasteiger partial charge in [0.15, 0.2) is 5.75 Å². The number of phenols is 1. The molecule has 4 N–H and O–H groups in total. The van der Waals surface area contributed by atoms with Gasteiger partial charge in [-0.2, -0.15) is 0 Å². The van der Waals surface area contributed by atoms with Crippen molar-refractivity contribution in [1.82, 2.24) is 0 Å². The first-order valence-corrected chi connectivity index (χ1v) is 11.5. The fraction of sp³-hybridized carbons (Fsp3) is 0.350. The first-order valence-electron chi connectivity index (χ1n) is 9.25. The summed E-state index contributed by atoms with van der Waals surface area (Å²) in [7, 11) is -4.10. The molecule has 1 saturated carbocycles. The van der Waals surface area contributed by atoms with E-state index >= 15 is 0 Å². The van der Waals surface area contributed by atoms with E-state index in [1.54, 1.807) is 12.1 Å². The summed E-state index contributed by atoms with van der Waals surface area (Å²) in [5.41, 5.74) is 0.664. The molecule has 29 heavy (non-hydrogen) atoms. The maximum atomic E-state index is 13.1. The molecular formula is C20H23BrN2O5S. The molecule has 0 bridgehead atoms. The Morgan fingerprint density at radius 2 is 1.90 bits per heavy atom. The molecule has 1 aliphatic carbocycles. The summed E-state index contributed by atoms with van der Waals surface area (Å²) in [5, 5.41) is 22.9. The number of aromatic hydroxyl groups is 1. The second-order valence-electron chi connectivity index (χ2n) is 7.56. The van der Waals surface area contributed by atoms with E-state index in [4.69, 9.17) is 0 Å². The molecule has 0 heterocycles. The summed E-state index contributed by atoms with van der Waals surface area (Å²) < 4.78 is 29.2. The third-order valence-corrected chi connectivity index (χ3v) is 6.49. The number of hydrogen-bond donors (Lipinski definition) is 4. The predicted molar refractivity (Wildman–Crippen MR) is 115 cm³/mol. The van der Waals surface area contributed by atoms with E-state index in [9.17, 15) is 23.4 Å². The van der Waals surface area contributed by atoms with E-state index in [1.165, 1.54) is 18.2 Å². The van der Waals surface area contributed by atoms with Crippen LogP contribution in [0.25, 0.3) is 0 Å². The quantitative estimate of drug-likeness (QED) is 0.408. The molecule has 0 aromatic heterocycles. The van der Waals surface area contributed by atoms with Crippen molar-refractivity contribution < 1.29 is 23.4 Å². The maximum Gasteiger partial charge on any atom is 0.339 e. The zero-order valence-electron chi connectivity index (χ0n) is 16.1. The summed E-state index contributed by atoms with van der Waals surface area (Å²) in [5.74, 6) is -1.42. The zero-order valence-corrected chi connectivity index (χ0v) is 18.5. The first kappa shape index (κ1) is 21.4. The normalized spacial score (nSPS) is 14.1. The van der Waals surface area contributed by atoms with Crippen LogP contribution in [0, 0.1) is 5.92 Å². The summed E-state index contributed by atoms with van der Waals surface area (Å²) in [6.07, 6.45) is 1.82. The number of anilines is 2. The molecule has 1 fully saturated rings. The average Bonchev–Trinajstić information content (AvgIpc) is 3.47. The molecule has 1 aliphatic rings. The van der Waals surface area contributed by atoms with Gasteiger partial charge in [-0.3, -0.25) is 4.72 Å². The van der Waals surface area contributed by atoms with Gasteiger partial charge in [-0.25, -0.2) is 13.2 Å². The minimum atomic E-state index is -4.10. The maximum absolute atomic E-state index is 13.1. The molecule has 2 aromatic rings. The number of hydrogen-bond acceptors (Lipinski definition) is 5. The van der Waals surface area contributed by atoms with Crippen LogP contribution in [-0.4, -0.2) is 31.1 Å². The third-order valence-electron chi connectivity index (χ3n) is 4.59. The van der Waals surface area contributed by atoms with E-state index in [0.29, 0.717) is 28.2 Å². The first-order chi connectivity index (χ1) is 13.6. The summed E-state index contributed by atoms with van der Waals surface area (Å²) in [6.45, 7) is 4.59. The highest BCUT2D eigenvalue weighted by molar-refractivity contribution is 9.10. The predicted octanol–water partition coefficient (Wildman–Crippen LogP) is 4.60. The number of rotatable bonds is 8. The number of halogens is 1. The lowest BCUT2D eigenvalue weighted by Crippen LogP contribution is -2.17. The molecule has 0 spiro atoms. The Morgan fingerprint density at radius 3 is 2.48 bits per heavy atom. The van der Waals surface area contributed by atoms with Gasteiger partial charge in [-0.15, -0.1) is 0 Å². The van der Waals surface area contributed by atoms with Crippen LogP contribution in [0.5, 0.6) is 5.75 Å². The molecule has 156 valence electrons. The summed E-state index contributed by atoms with van der Waals surface area (Å²) in [4.78, 5) is 11.5. The van der Waals surface area contributed by atoms with Gasteiger partial charge in [-0.05, 0) is 60.6 Å². The lowest BCUT2D eigenvalue weighted by Gasteiger charge is -2.17. The van der Waals surface area contributed by atoms with Crippen LogP contribution in [0.1, 0.15) is 48.5 Å². The van der Waals surface area contributed by atoms with Gasteiger partial charge in [0, 0.05) is 11.0 Å². The molecule has 3 rings (SSSR count). The molecule has 0 aliphatic heterocycles. The van der Waals surface area contributed by atoms with Gasteiger partial charge in [0.25, 0.3) is 10.0 Å². The van der Waals surface area contributed by atoms with Crippen LogP contribution in [0.15, 0.2) is 39.7 Å². The Labute approximate surface area is 178 Å². The second kappa shape index (κ2) is 8.23. The molecule has 0 saturated heterocycles. The Morgan fingerprint density at radius 1 is 1.21 bits per heavy atom. The average molecular weight is 483 g/mol. The number of sulfonamides is 1. The van der Waals surface area contributed by atoms with E-state index in [-0.39, 0.29) is 22.1 Å². The van der Waals surface area contributed by atoms with Crippen LogP contribution >= 0.6 is 15.9 Å². The van der Waals surface area contributed by atoms with Crippen molar-refractivity contribution in [3.63, 3.8) is 0 Å². The number of carboxylic acid groups (broad SMARTS) is 1. The van der Waals surface area contributed by atoms with Gasteiger partial charge < -0.3 is 15.5 Å². The Kier molecular flexibility index (Phi) is 6.09. The number of carbonyl (C=O) groups is 1. The standard InChI is InChI=1S/C20H23BrN2O5S/c1-11(2)10-22-16-6-5-14(21)9-18(16)29(27,28)23-17-8-13(12-3-4-12)7-15(19(17)24)20(25)26/h5-9,11-12,22-24H,3-4,10H2,1-2H3,(H,25,26). The van der Waals surface area contributed by atoms with Crippen molar-refractivity contribution in [2.75, 3.05) is 16.6 Å². The minimum Gasteiger partial charge on any atom is -0.505 e. The van der Waals surface area contributed by atoms with Crippen LogP contribution in [0.4, 0.5) is 11.4 Å². The largest absolute Gasteiger partial charge is 0.505 e. The molecule has 7 nitrogen and oxygen atoms in total. The Hall–Kier alpha value is -2.26. The van der Waals surface area contributed by atoms with E-state index in [1.807, 2.05) is 13.8 Å². The van der Waals surface area contributed by atoms with Gasteiger partial charge in [0.1, 0.15) is 10.5 Å². The van der Waals surface area contributed by atoms with Crippen LogP contribution < -0.4 is 10.0 Å². The topological polar surface area (TPSA) is 116 Å². The molecule has 9 heteroatoms. The minimum absolute atomic E-state index is 0.000579. The van der Waals surface area contributed by atoms with Crippen molar-refractivity contribution in [3.8, 4) is 5.75 Å². The van der Waals surface area contributed by atoms with Gasteiger partial charge in [-0.1, -0.05) is 29.8 Å². The molecule has 0 radical (unpaired) electrons. The second-order valence-corrected chi connectivity index (χ2v) is 10.1. The Bertz CT molecular complexity index is 1050. The highest BCUT2D eigenvalue weighted by Crippen LogP contribution is 2.44. The number of aromatic carboxylic acids is 1. The van der Waals surface area contributed by atoms with Crippen LogP contribution in [-0.2, 0) is 10.0 Å². The molecule has 0 atom stereocenters. The molecular weight excluding hydrogens is 460 g/mol. The fourth-order valence-electron chi connectivity index (χ4n) is 2.93. The SMILES string of the molecule is CC(C)CNc1ccc(Br)cc1S(=O)(=O)Nc1cc(C2CC2)cc(C(=O)O)c1O. The lowest BCUT2D eigenvalue weighted by atomic mass is 10.0. The zero-order chi connectivity index (χ0) is 21.3. The highest BCUT2D eigenvalue weighted by Gasteiger charge is 2.29. The molecule has 2 aromatic carbocycles. The van der Waals surface area contributed by atoms with E-state index < -0.39 is 21.7 Å². The number of carboxylic acids is 1. The van der Waals surface area contributed by atoms with Crippen molar-refractivity contribution in [3.05, 3.63) is 45.9 Å². The third kappa shape index (κ3) is 5.02.